The fourth-order valence-electron chi connectivity index (χ4n) is 3.23. The van der Waals surface area contributed by atoms with Crippen molar-refractivity contribution in [1.29, 1.82) is 0 Å². The molecule has 0 saturated heterocycles. The van der Waals surface area contributed by atoms with Crippen LogP contribution in [0.15, 0.2) is 17.5 Å². The summed E-state index contributed by atoms with van der Waals surface area (Å²) >= 11 is 1.85. The molecule has 2 N–H and O–H groups in total. The van der Waals surface area contributed by atoms with Gasteiger partial charge >= 0.3 is 0 Å². The van der Waals surface area contributed by atoms with Crippen LogP contribution in [0.1, 0.15) is 56.9 Å². The number of thiophene rings is 1. The van der Waals surface area contributed by atoms with Gasteiger partial charge in [-0.2, -0.15) is 0 Å². The molecule has 1 aromatic heterocycles. The zero-order valence-electron chi connectivity index (χ0n) is 12.1. The van der Waals surface area contributed by atoms with Gasteiger partial charge in [0.15, 0.2) is 0 Å². The monoisotopic (exact) mass is 281 g/mol. The van der Waals surface area contributed by atoms with Crippen molar-refractivity contribution in [3.63, 3.8) is 0 Å². The number of rotatable bonds is 7. The largest absolute Gasteiger partial charge is 0.395 e. The Hall–Kier alpha value is -0.380. The fraction of sp³-hybridized carbons (Fsp3) is 0.750. The van der Waals surface area contributed by atoms with Crippen molar-refractivity contribution in [2.45, 2.75) is 58.0 Å². The summed E-state index contributed by atoms with van der Waals surface area (Å²) in [4.78, 5) is 1.44. The van der Waals surface area contributed by atoms with Crippen LogP contribution in [0.5, 0.6) is 0 Å². The lowest BCUT2D eigenvalue weighted by Crippen LogP contribution is -2.39. The maximum Gasteiger partial charge on any atom is 0.0584 e. The molecule has 1 fully saturated rings. The van der Waals surface area contributed by atoms with Gasteiger partial charge in [-0.3, -0.25) is 0 Å². The number of hydrogen-bond acceptors (Lipinski definition) is 3. The molecule has 3 heteroatoms. The highest BCUT2D eigenvalue weighted by Crippen LogP contribution is 2.37. The molecule has 0 spiro atoms. The molecule has 0 aliphatic heterocycles. The van der Waals surface area contributed by atoms with Gasteiger partial charge in [-0.1, -0.05) is 32.8 Å². The molecule has 0 bridgehead atoms. The molecule has 108 valence electrons. The molecular formula is C16H27NOS. The summed E-state index contributed by atoms with van der Waals surface area (Å²) in [6.07, 6.45) is 6.43. The van der Waals surface area contributed by atoms with Crippen LogP contribution < -0.4 is 5.32 Å². The molecule has 2 rings (SSSR count). The molecule has 19 heavy (non-hydrogen) atoms. The van der Waals surface area contributed by atoms with E-state index in [0.29, 0.717) is 12.0 Å². The topological polar surface area (TPSA) is 32.3 Å². The maximum atomic E-state index is 9.61. The molecule has 2 atom stereocenters. The second-order valence-corrected chi connectivity index (χ2v) is 7.19. The van der Waals surface area contributed by atoms with Gasteiger partial charge in [0.05, 0.1) is 6.61 Å². The normalized spacial score (nSPS) is 20.0. The number of aliphatic hydroxyl groups excluding tert-OH is 1. The molecule has 0 aromatic carbocycles. The first-order valence-corrected chi connectivity index (χ1v) is 8.49. The summed E-state index contributed by atoms with van der Waals surface area (Å²) in [7, 11) is 0. The quantitative estimate of drug-likeness (QED) is 0.792. The summed E-state index contributed by atoms with van der Waals surface area (Å²) in [6, 6.07) is 5.05. The van der Waals surface area contributed by atoms with E-state index in [1.54, 1.807) is 0 Å². The minimum atomic E-state index is 0.229. The van der Waals surface area contributed by atoms with E-state index in [-0.39, 0.29) is 12.6 Å². The van der Waals surface area contributed by atoms with E-state index in [9.17, 15) is 5.11 Å². The highest BCUT2D eigenvalue weighted by molar-refractivity contribution is 7.10. The second-order valence-electron chi connectivity index (χ2n) is 6.21. The average molecular weight is 281 g/mol. The van der Waals surface area contributed by atoms with Gasteiger partial charge in [0, 0.05) is 17.0 Å². The van der Waals surface area contributed by atoms with Crippen molar-refractivity contribution in [3.05, 3.63) is 22.4 Å². The second kappa shape index (κ2) is 7.41. The van der Waals surface area contributed by atoms with Gasteiger partial charge in [-0.05, 0) is 42.5 Å². The predicted octanol–water partition coefficient (Wildman–Crippen LogP) is 3.98. The number of hydrogen-bond donors (Lipinski definition) is 2. The molecule has 1 saturated carbocycles. The van der Waals surface area contributed by atoms with Crippen molar-refractivity contribution in [2.24, 2.45) is 11.8 Å². The Bertz CT molecular complexity index is 344. The first kappa shape index (κ1) is 15.0. The van der Waals surface area contributed by atoms with E-state index in [1.165, 1.54) is 30.6 Å². The molecule has 0 amide bonds. The molecule has 1 aromatic rings. The fourth-order valence-corrected chi connectivity index (χ4v) is 4.11. The van der Waals surface area contributed by atoms with Crippen LogP contribution >= 0.6 is 11.3 Å². The van der Waals surface area contributed by atoms with E-state index < -0.39 is 0 Å². The highest BCUT2D eigenvalue weighted by atomic mass is 32.1. The Morgan fingerprint density at radius 3 is 2.63 bits per heavy atom. The van der Waals surface area contributed by atoms with Gasteiger partial charge in [-0.15, -0.1) is 11.3 Å². The van der Waals surface area contributed by atoms with Gasteiger partial charge in [0.1, 0.15) is 0 Å². The van der Waals surface area contributed by atoms with Crippen molar-refractivity contribution >= 4 is 11.3 Å². The molecular weight excluding hydrogens is 254 g/mol. The lowest BCUT2D eigenvalue weighted by Gasteiger charge is -2.29. The minimum Gasteiger partial charge on any atom is -0.395 e. The summed E-state index contributed by atoms with van der Waals surface area (Å²) in [5, 5.41) is 15.5. The van der Waals surface area contributed by atoms with E-state index in [4.69, 9.17) is 0 Å². The van der Waals surface area contributed by atoms with E-state index in [1.807, 2.05) is 11.3 Å². The third-order valence-electron chi connectivity index (χ3n) is 4.11. The molecule has 1 heterocycles. The SMILES string of the molecule is CC(C)CC(CO)NC(c1cccs1)C1CCCC1. The Labute approximate surface area is 121 Å². The third kappa shape index (κ3) is 4.30. The van der Waals surface area contributed by atoms with Crippen molar-refractivity contribution < 1.29 is 5.11 Å². The van der Waals surface area contributed by atoms with E-state index in [0.717, 1.165) is 12.3 Å². The Morgan fingerprint density at radius 2 is 2.11 bits per heavy atom. The zero-order chi connectivity index (χ0) is 13.7. The first-order valence-electron chi connectivity index (χ1n) is 7.61. The van der Waals surface area contributed by atoms with E-state index in [2.05, 4.69) is 36.7 Å². The van der Waals surface area contributed by atoms with Crippen molar-refractivity contribution in [3.8, 4) is 0 Å². The van der Waals surface area contributed by atoms with Crippen LogP contribution in [-0.2, 0) is 0 Å². The van der Waals surface area contributed by atoms with Crippen molar-refractivity contribution in [2.75, 3.05) is 6.61 Å². The molecule has 0 radical (unpaired) electrons. The smallest absolute Gasteiger partial charge is 0.0584 e. The summed E-state index contributed by atoms with van der Waals surface area (Å²) in [5.74, 6) is 1.37. The minimum absolute atomic E-state index is 0.229. The van der Waals surface area contributed by atoms with Gasteiger partial charge in [0.25, 0.3) is 0 Å². The lowest BCUT2D eigenvalue weighted by atomic mass is 9.94. The van der Waals surface area contributed by atoms with Gasteiger partial charge in [-0.25, -0.2) is 0 Å². The number of nitrogens with one attached hydrogen (secondary N) is 1. The standard InChI is InChI=1S/C16H27NOS/c1-12(2)10-14(11-18)17-16(13-6-3-4-7-13)15-8-5-9-19-15/h5,8-9,12-14,16-18H,3-4,6-7,10-11H2,1-2H3. The van der Waals surface area contributed by atoms with Crippen LogP contribution in [-0.4, -0.2) is 17.8 Å². The first-order chi connectivity index (χ1) is 9.20. The van der Waals surface area contributed by atoms with Crippen LogP contribution in [0.2, 0.25) is 0 Å². The highest BCUT2D eigenvalue weighted by Gasteiger charge is 2.28. The Kier molecular flexibility index (Phi) is 5.86. The third-order valence-corrected chi connectivity index (χ3v) is 5.07. The van der Waals surface area contributed by atoms with Crippen LogP contribution in [0.3, 0.4) is 0 Å². The average Bonchev–Trinajstić information content (AvgIpc) is 3.06. The summed E-state index contributed by atoms with van der Waals surface area (Å²) in [6.45, 7) is 4.69. The lowest BCUT2D eigenvalue weighted by molar-refractivity contribution is 0.198. The molecule has 1 aliphatic rings. The van der Waals surface area contributed by atoms with Crippen LogP contribution in [0, 0.1) is 11.8 Å². The van der Waals surface area contributed by atoms with Gasteiger partial charge < -0.3 is 10.4 Å². The molecule has 2 unspecified atom stereocenters. The molecule has 2 nitrogen and oxygen atoms in total. The summed E-state index contributed by atoms with van der Waals surface area (Å²) < 4.78 is 0. The van der Waals surface area contributed by atoms with Crippen LogP contribution in [0.25, 0.3) is 0 Å². The Morgan fingerprint density at radius 1 is 1.37 bits per heavy atom. The van der Waals surface area contributed by atoms with Crippen molar-refractivity contribution in [1.82, 2.24) is 5.32 Å². The number of aliphatic hydroxyl groups is 1. The maximum absolute atomic E-state index is 9.61. The zero-order valence-corrected chi connectivity index (χ0v) is 13.0. The summed E-state index contributed by atoms with van der Waals surface area (Å²) in [5.41, 5.74) is 0. The van der Waals surface area contributed by atoms with Gasteiger partial charge in [0.2, 0.25) is 0 Å². The van der Waals surface area contributed by atoms with Crippen LogP contribution in [0.4, 0.5) is 0 Å². The predicted molar refractivity (Wildman–Crippen MR) is 82.5 cm³/mol. The Balaban J connectivity index is 2.04. The molecule has 1 aliphatic carbocycles. The van der Waals surface area contributed by atoms with E-state index >= 15 is 0 Å².